The van der Waals surface area contributed by atoms with Gasteiger partial charge in [0, 0.05) is 58.5 Å². The first kappa shape index (κ1) is 23.5. The van der Waals surface area contributed by atoms with Gasteiger partial charge in [0.25, 0.3) is 5.91 Å². The second-order valence-electron chi connectivity index (χ2n) is 9.47. The van der Waals surface area contributed by atoms with Crippen molar-refractivity contribution in [3.05, 3.63) is 58.3 Å². The number of likely N-dealkylation sites (tertiary alicyclic amines) is 1. The van der Waals surface area contributed by atoms with Gasteiger partial charge in [-0.05, 0) is 36.3 Å². The van der Waals surface area contributed by atoms with E-state index in [1.54, 1.807) is 0 Å². The molecular weight excluding hydrogens is 448 g/mol. The van der Waals surface area contributed by atoms with Gasteiger partial charge in [-0.15, -0.1) is 11.3 Å². The number of hydrogen-bond acceptors (Lipinski definition) is 6. The van der Waals surface area contributed by atoms with Gasteiger partial charge in [0.2, 0.25) is 5.91 Å². The zero-order chi connectivity index (χ0) is 23.3. The molecule has 3 saturated heterocycles. The minimum Gasteiger partial charge on any atom is -0.377 e. The molecule has 0 radical (unpaired) electrons. The van der Waals surface area contributed by atoms with Crippen LogP contribution in [0.5, 0.6) is 0 Å². The van der Waals surface area contributed by atoms with Gasteiger partial charge in [-0.25, -0.2) is 0 Å². The third-order valence-corrected chi connectivity index (χ3v) is 8.05. The molecule has 182 valence electrons. The van der Waals surface area contributed by atoms with Gasteiger partial charge in [-0.2, -0.15) is 0 Å². The molecule has 3 atom stereocenters. The Morgan fingerprint density at radius 2 is 1.94 bits per heavy atom. The third kappa shape index (κ3) is 5.35. The molecular formula is C26H34N4O3S. The lowest BCUT2D eigenvalue weighted by molar-refractivity contribution is -0.135. The highest BCUT2D eigenvalue weighted by Gasteiger charge is 2.44. The lowest BCUT2D eigenvalue weighted by Crippen LogP contribution is -2.53. The van der Waals surface area contributed by atoms with Crippen LogP contribution in [0.4, 0.5) is 0 Å². The largest absolute Gasteiger partial charge is 0.377 e. The zero-order valence-corrected chi connectivity index (χ0v) is 20.4. The number of nitrogens with one attached hydrogen (secondary N) is 1. The van der Waals surface area contributed by atoms with Crippen LogP contribution in [0.15, 0.2) is 47.8 Å². The monoisotopic (exact) mass is 482 g/mol. The number of carbonyl (C=O) groups is 2. The van der Waals surface area contributed by atoms with E-state index in [0.29, 0.717) is 30.9 Å². The molecule has 1 aromatic heterocycles. The summed E-state index contributed by atoms with van der Waals surface area (Å²) in [7, 11) is 0. The van der Waals surface area contributed by atoms with Crippen LogP contribution in [-0.2, 0) is 16.1 Å². The smallest absolute Gasteiger partial charge is 0.264 e. The average molecular weight is 483 g/mol. The summed E-state index contributed by atoms with van der Waals surface area (Å²) in [6.07, 6.45) is 3.05. The summed E-state index contributed by atoms with van der Waals surface area (Å²) in [5, 5.41) is 5.24. The van der Waals surface area contributed by atoms with Crippen molar-refractivity contribution in [2.24, 2.45) is 0 Å². The first-order chi connectivity index (χ1) is 16.7. The first-order valence-electron chi connectivity index (χ1n) is 12.4. The molecule has 3 aliphatic rings. The molecule has 7 nitrogen and oxygen atoms in total. The first-order valence-corrected chi connectivity index (χ1v) is 13.3. The fourth-order valence-electron chi connectivity index (χ4n) is 5.39. The molecule has 0 saturated carbocycles. The van der Waals surface area contributed by atoms with Gasteiger partial charge >= 0.3 is 0 Å². The molecule has 3 aliphatic heterocycles. The van der Waals surface area contributed by atoms with Gasteiger partial charge in [0.1, 0.15) is 6.04 Å². The van der Waals surface area contributed by atoms with Gasteiger partial charge in [0.15, 0.2) is 0 Å². The maximum atomic E-state index is 13.6. The second kappa shape index (κ2) is 11.0. The fraction of sp³-hybridized carbons (Fsp3) is 0.538. The quantitative estimate of drug-likeness (QED) is 0.657. The van der Waals surface area contributed by atoms with E-state index < -0.39 is 6.04 Å². The highest BCUT2D eigenvalue weighted by molar-refractivity contribution is 7.12. The van der Waals surface area contributed by atoms with Crippen LogP contribution in [0.1, 0.15) is 34.5 Å². The molecule has 4 heterocycles. The van der Waals surface area contributed by atoms with Crippen LogP contribution in [0.3, 0.4) is 0 Å². The van der Waals surface area contributed by atoms with E-state index in [0.717, 1.165) is 45.6 Å². The molecule has 5 rings (SSSR count). The van der Waals surface area contributed by atoms with Crippen molar-refractivity contribution in [3.8, 4) is 0 Å². The summed E-state index contributed by atoms with van der Waals surface area (Å²) in [5.41, 5.74) is 1.24. The van der Waals surface area contributed by atoms with E-state index in [-0.39, 0.29) is 24.0 Å². The number of amides is 2. The topological polar surface area (TPSA) is 65.1 Å². The lowest BCUT2D eigenvalue weighted by atomic mass is 10.1. The summed E-state index contributed by atoms with van der Waals surface area (Å²) < 4.78 is 5.98. The molecule has 2 amide bonds. The van der Waals surface area contributed by atoms with Crippen LogP contribution in [0.2, 0.25) is 0 Å². The lowest BCUT2D eigenvalue weighted by Gasteiger charge is -2.32. The number of hydrogen-bond donors (Lipinski definition) is 1. The summed E-state index contributed by atoms with van der Waals surface area (Å²) in [4.78, 5) is 34.0. The van der Waals surface area contributed by atoms with E-state index in [4.69, 9.17) is 4.74 Å². The number of carbonyl (C=O) groups excluding carboxylic acids is 2. The van der Waals surface area contributed by atoms with Crippen LogP contribution in [0, 0.1) is 0 Å². The maximum absolute atomic E-state index is 13.6. The molecule has 34 heavy (non-hydrogen) atoms. The van der Waals surface area contributed by atoms with Gasteiger partial charge < -0.3 is 19.9 Å². The van der Waals surface area contributed by atoms with Crippen molar-refractivity contribution in [1.29, 1.82) is 0 Å². The summed E-state index contributed by atoms with van der Waals surface area (Å²) in [5.74, 6) is 0.0634. The predicted octanol–water partition coefficient (Wildman–Crippen LogP) is 2.44. The van der Waals surface area contributed by atoms with Crippen LogP contribution < -0.4 is 5.32 Å². The molecule has 0 spiro atoms. The van der Waals surface area contributed by atoms with Crippen molar-refractivity contribution in [2.75, 3.05) is 45.9 Å². The minimum atomic E-state index is -0.416. The van der Waals surface area contributed by atoms with E-state index in [1.807, 2.05) is 33.4 Å². The number of nitrogens with zero attached hydrogens (tertiary/aromatic N) is 3. The highest BCUT2D eigenvalue weighted by Crippen LogP contribution is 2.29. The number of piperazine rings is 1. The van der Waals surface area contributed by atoms with Crippen molar-refractivity contribution in [3.63, 3.8) is 0 Å². The Morgan fingerprint density at radius 3 is 2.65 bits per heavy atom. The van der Waals surface area contributed by atoms with Crippen molar-refractivity contribution < 1.29 is 14.3 Å². The van der Waals surface area contributed by atoms with Crippen LogP contribution >= 0.6 is 11.3 Å². The van der Waals surface area contributed by atoms with Crippen molar-refractivity contribution in [2.45, 2.75) is 44.0 Å². The third-order valence-electron chi connectivity index (χ3n) is 7.19. The molecule has 3 unspecified atom stereocenters. The predicted molar refractivity (Wildman–Crippen MR) is 133 cm³/mol. The standard InChI is InChI=1S/C26H34N4O3S/c31-25(28-12-10-27-11-13-28)23-16-21(18-30(23)26(32)24-9-5-15-34-24)29(19-22-8-4-14-33-22)17-20-6-2-1-3-7-20/h1-3,5-7,9,15,21-23,27H,4,8,10-14,16-19H2. The summed E-state index contributed by atoms with van der Waals surface area (Å²) in [6.45, 7) is 6.02. The van der Waals surface area contributed by atoms with Crippen molar-refractivity contribution >= 4 is 23.2 Å². The molecule has 1 N–H and O–H groups in total. The SMILES string of the molecule is O=C(C1CC(N(Cc2ccccc2)CC2CCCO2)CN1C(=O)c1cccs1)N1CCNCC1. The zero-order valence-electron chi connectivity index (χ0n) is 19.6. The van der Waals surface area contributed by atoms with Gasteiger partial charge in [0.05, 0.1) is 11.0 Å². The van der Waals surface area contributed by atoms with E-state index in [9.17, 15) is 9.59 Å². The Bertz CT molecular complexity index is 942. The van der Waals surface area contributed by atoms with Gasteiger partial charge in [-0.1, -0.05) is 36.4 Å². The van der Waals surface area contributed by atoms with Crippen LogP contribution in [0.25, 0.3) is 0 Å². The molecule has 2 aromatic rings. The second-order valence-corrected chi connectivity index (χ2v) is 10.4. The molecule has 0 aliphatic carbocycles. The minimum absolute atomic E-state index is 0.0252. The fourth-order valence-corrected chi connectivity index (χ4v) is 6.06. The summed E-state index contributed by atoms with van der Waals surface area (Å²) in [6, 6.07) is 13.9. The van der Waals surface area contributed by atoms with E-state index >= 15 is 0 Å². The Balaban J connectivity index is 1.39. The van der Waals surface area contributed by atoms with Crippen LogP contribution in [-0.4, -0.2) is 90.6 Å². The normalized spacial score (nSPS) is 25.3. The molecule has 3 fully saturated rings. The molecule has 1 aromatic carbocycles. The molecule has 8 heteroatoms. The van der Waals surface area contributed by atoms with Gasteiger partial charge in [-0.3, -0.25) is 14.5 Å². The number of thiophene rings is 1. The Labute approximate surface area is 205 Å². The number of benzene rings is 1. The Hall–Kier alpha value is -2.26. The average Bonchev–Trinajstić information content (AvgIpc) is 3.66. The van der Waals surface area contributed by atoms with E-state index in [2.05, 4.69) is 34.5 Å². The van der Waals surface area contributed by atoms with Crippen molar-refractivity contribution in [1.82, 2.24) is 20.0 Å². The Morgan fingerprint density at radius 1 is 1.12 bits per heavy atom. The highest BCUT2D eigenvalue weighted by atomic mass is 32.1. The summed E-state index contributed by atoms with van der Waals surface area (Å²) >= 11 is 1.45. The number of rotatable bonds is 7. The number of ether oxygens (including phenoxy) is 1. The Kier molecular flexibility index (Phi) is 7.59. The molecule has 0 bridgehead atoms. The maximum Gasteiger partial charge on any atom is 0.264 e. The van der Waals surface area contributed by atoms with E-state index in [1.165, 1.54) is 16.9 Å².